The molecule has 0 aliphatic carbocycles. The number of non-ortho nitro benzene ring substituents is 1. The molecule has 3 rings (SSSR count). The first kappa shape index (κ1) is 19.9. The molecular weight excluding hydrogens is 378 g/mol. The van der Waals surface area contributed by atoms with Crippen LogP contribution in [0, 0.1) is 10.1 Å². The summed E-state index contributed by atoms with van der Waals surface area (Å²) in [6.07, 6.45) is -0.0742. The van der Waals surface area contributed by atoms with Gasteiger partial charge in [0.25, 0.3) is 5.69 Å². The van der Waals surface area contributed by atoms with Crippen LogP contribution in [0.15, 0.2) is 57.7 Å². The fraction of sp³-hybridized carbons (Fsp3) is 0.190. The van der Waals surface area contributed by atoms with Crippen LogP contribution in [0.1, 0.15) is 37.3 Å². The molecule has 8 nitrogen and oxygen atoms in total. The summed E-state index contributed by atoms with van der Waals surface area (Å²) in [5, 5.41) is 11.3. The number of nitro benzene ring substituents is 1. The predicted octanol–water partition coefficient (Wildman–Crippen LogP) is 3.74. The number of ketones is 1. The van der Waals surface area contributed by atoms with Crippen molar-refractivity contribution in [3.8, 4) is 5.75 Å². The topological polar surface area (TPSA) is 117 Å². The Bertz CT molecular complexity index is 1160. The summed E-state index contributed by atoms with van der Waals surface area (Å²) in [6.45, 7) is 2.57. The van der Waals surface area contributed by atoms with E-state index < -0.39 is 22.4 Å². The largest absolute Gasteiger partial charge is 0.425 e. The minimum atomic E-state index is -0.802. The van der Waals surface area contributed by atoms with Crippen LogP contribution in [-0.2, 0) is 9.59 Å². The SMILES string of the molecule is CC(=O)C[C@H](c1ccc([N+](=O)[O-])cc1)c1c(OC(C)=O)c2ccccc2oc1=O. The third-order valence-electron chi connectivity index (χ3n) is 4.39. The van der Waals surface area contributed by atoms with Crippen LogP contribution in [0.25, 0.3) is 11.0 Å². The van der Waals surface area contributed by atoms with Crippen molar-refractivity contribution in [2.75, 3.05) is 0 Å². The number of fused-ring (bicyclic) bond motifs is 1. The van der Waals surface area contributed by atoms with Gasteiger partial charge in [-0.1, -0.05) is 24.3 Å². The fourth-order valence-corrected chi connectivity index (χ4v) is 3.19. The summed E-state index contributed by atoms with van der Waals surface area (Å²) in [5.41, 5.74) is -0.127. The number of rotatable bonds is 6. The van der Waals surface area contributed by atoms with E-state index in [1.54, 1.807) is 24.3 Å². The number of nitro groups is 1. The van der Waals surface area contributed by atoms with Crippen LogP contribution >= 0.6 is 0 Å². The van der Waals surface area contributed by atoms with Gasteiger partial charge in [0.15, 0.2) is 5.75 Å². The molecule has 3 aromatic rings. The zero-order valence-corrected chi connectivity index (χ0v) is 15.7. The van der Waals surface area contributed by atoms with Gasteiger partial charge in [-0.25, -0.2) is 4.79 Å². The van der Waals surface area contributed by atoms with Crippen molar-refractivity contribution in [2.24, 2.45) is 0 Å². The Morgan fingerprint density at radius 1 is 1.10 bits per heavy atom. The van der Waals surface area contributed by atoms with E-state index in [1.165, 1.54) is 38.1 Å². The molecule has 0 spiro atoms. The van der Waals surface area contributed by atoms with Crippen LogP contribution in [0.5, 0.6) is 5.75 Å². The highest BCUT2D eigenvalue weighted by Gasteiger charge is 2.28. The highest BCUT2D eigenvalue weighted by atomic mass is 16.6. The Morgan fingerprint density at radius 2 is 1.76 bits per heavy atom. The van der Waals surface area contributed by atoms with Gasteiger partial charge in [-0.3, -0.25) is 19.7 Å². The summed E-state index contributed by atoms with van der Waals surface area (Å²) in [6, 6.07) is 12.1. The summed E-state index contributed by atoms with van der Waals surface area (Å²) < 4.78 is 10.8. The molecule has 29 heavy (non-hydrogen) atoms. The number of hydrogen-bond donors (Lipinski definition) is 0. The average Bonchev–Trinajstić information content (AvgIpc) is 2.66. The first-order chi connectivity index (χ1) is 13.8. The third kappa shape index (κ3) is 4.21. The van der Waals surface area contributed by atoms with Gasteiger partial charge >= 0.3 is 11.6 Å². The lowest BCUT2D eigenvalue weighted by Gasteiger charge is -2.19. The second kappa shape index (κ2) is 8.05. The van der Waals surface area contributed by atoms with E-state index in [4.69, 9.17) is 9.15 Å². The summed E-state index contributed by atoms with van der Waals surface area (Å²) >= 11 is 0. The lowest BCUT2D eigenvalue weighted by atomic mass is 9.87. The Kier molecular flexibility index (Phi) is 5.54. The zero-order chi connectivity index (χ0) is 21.1. The standard InChI is InChI=1S/C21H17NO7/c1-12(23)11-17(14-7-9-15(10-8-14)22(26)27)19-20(28-13(2)24)16-5-3-4-6-18(16)29-21(19)25/h3-10,17H,11H2,1-2H3/t17-/m1/s1. The van der Waals surface area contributed by atoms with Gasteiger partial charge < -0.3 is 9.15 Å². The molecule has 0 aliphatic heterocycles. The van der Waals surface area contributed by atoms with Crippen molar-refractivity contribution in [1.82, 2.24) is 0 Å². The second-order valence-electron chi connectivity index (χ2n) is 6.53. The average molecular weight is 395 g/mol. The Labute approximate surface area is 164 Å². The molecule has 0 bridgehead atoms. The zero-order valence-electron chi connectivity index (χ0n) is 15.7. The van der Waals surface area contributed by atoms with Gasteiger partial charge in [-0.15, -0.1) is 0 Å². The van der Waals surface area contributed by atoms with E-state index in [1.807, 2.05) is 0 Å². The monoisotopic (exact) mass is 395 g/mol. The van der Waals surface area contributed by atoms with E-state index in [0.29, 0.717) is 10.9 Å². The van der Waals surface area contributed by atoms with Crippen LogP contribution in [0.4, 0.5) is 5.69 Å². The van der Waals surface area contributed by atoms with E-state index in [2.05, 4.69) is 0 Å². The van der Waals surface area contributed by atoms with Gasteiger partial charge in [0, 0.05) is 31.4 Å². The molecule has 1 heterocycles. The van der Waals surface area contributed by atoms with Gasteiger partial charge in [-0.2, -0.15) is 0 Å². The first-order valence-corrected chi connectivity index (χ1v) is 8.76. The first-order valence-electron chi connectivity index (χ1n) is 8.76. The maximum absolute atomic E-state index is 12.8. The molecule has 1 atom stereocenters. The lowest BCUT2D eigenvalue weighted by Crippen LogP contribution is -2.19. The maximum Gasteiger partial charge on any atom is 0.343 e. The molecule has 0 N–H and O–H groups in total. The number of carbonyl (C=O) groups is 2. The van der Waals surface area contributed by atoms with E-state index >= 15 is 0 Å². The van der Waals surface area contributed by atoms with Crippen LogP contribution in [-0.4, -0.2) is 16.7 Å². The third-order valence-corrected chi connectivity index (χ3v) is 4.39. The number of para-hydroxylation sites is 1. The molecule has 0 unspecified atom stereocenters. The number of carbonyl (C=O) groups excluding carboxylic acids is 2. The van der Waals surface area contributed by atoms with Crippen LogP contribution in [0.3, 0.4) is 0 Å². The molecule has 0 radical (unpaired) electrons. The van der Waals surface area contributed by atoms with Crippen molar-refractivity contribution >= 4 is 28.4 Å². The highest BCUT2D eigenvalue weighted by Crippen LogP contribution is 2.37. The number of hydrogen-bond acceptors (Lipinski definition) is 7. The van der Waals surface area contributed by atoms with E-state index in [9.17, 15) is 24.5 Å². The van der Waals surface area contributed by atoms with Gasteiger partial charge in [0.2, 0.25) is 0 Å². The second-order valence-corrected chi connectivity index (χ2v) is 6.53. The van der Waals surface area contributed by atoms with E-state index in [0.717, 1.165) is 0 Å². The lowest BCUT2D eigenvalue weighted by molar-refractivity contribution is -0.384. The molecular formula is C21H17NO7. The van der Waals surface area contributed by atoms with E-state index in [-0.39, 0.29) is 34.8 Å². The normalized spacial score (nSPS) is 11.8. The van der Waals surface area contributed by atoms with Crippen molar-refractivity contribution in [3.05, 3.63) is 80.2 Å². The Hall–Kier alpha value is -3.81. The maximum atomic E-state index is 12.8. The summed E-state index contributed by atoms with van der Waals surface area (Å²) in [4.78, 5) is 46.9. The van der Waals surface area contributed by atoms with Crippen LogP contribution < -0.4 is 10.4 Å². The Morgan fingerprint density at radius 3 is 2.34 bits per heavy atom. The van der Waals surface area contributed by atoms with Crippen molar-refractivity contribution < 1.29 is 23.7 Å². The summed E-state index contributed by atoms with van der Waals surface area (Å²) in [7, 11) is 0. The molecule has 0 amide bonds. The van der Waals surface area contributed by atoms with Gasteiger partial charge in [0.1, 0.15) is 11.4 Å². The van der Waals surface area contributed by atoms with Gasteiger partial charge in [-0.05, 0) is 24.6 Å². The molecule has 0 aliphatic rings. The molecule has 0 saturated heterocycles. The molecule has 0 fully saturated rings. The number of Topliss-reactive ketones (excluding diaryl/α,β-unsaturated/α-hetero) is 1. The smallest absolute Gasteiger partial charge is 0.343 e. The highest BCUT2D eigenvalue weighted by molar-refractivity contribution is 5.88. The van der Waals surface area contributed by atoms with Gasteiger partial charge in [0.05, 0.1) is 15.9 Å². The number of esters is 1. The fourth-order valence-electron chi connectivity index (χ4n) is 3.19. The minimum Gasteiger partial charge on any atom is -0.425 e. The minimum absolute atomic E-state index is 0.0166. The molecule has 0 saturated carbocycles. The van der Waals surface area contributed by atoms with Crippen molar-refractivity contribution in [3.63, 3.8) is 0 Å². The number of ether oxygens (including phenoxy) is 1. The summed E-state index contributed by atoms with van der Waals surface area (Å²) in [5.74, 6) is -1.63. The predicted molar refractivity (Wildman–Crippen MR) is 104 cm³/mol. The molecule has 2 aromatic carbocycles. The van der Waals surface area contributed by atoms with Crippen molar-refractivity contribution in [2.45, 2.75) is 26.2 Å². The molecule has 8 heteroatoms. The van der Waals surface area contributed by atoms with Crippen molar-refractivity contribution in [1.29, 1.82) is 0 Å². The number of benzene rings is 2. The quantitative estimate of drug-likeness (QED) is 0.270. The van der Waals surface area contributed by atoms with Crippen LogP contribution in [0.2, 0.25) is 0 Å². The Balaban J connectivity index is 2.28. The number of nitrogens with zero attached hydrogens (tertiary/aromatic N) is 1. The molecule has 1 aromatic heterocycles. The molecule has 148 valence electrons.